The summed E-state index contributed by atoms with van der Waals surface area (Å²) in [6.45, 7) is 0. The van der Waals surface area contributed by atoms with Gasteiger partial charge in [0.25, 0.3) is 0 Å². The Morgan fingerprint density at radius 3 is 2.77 bits per heavy atom. The summed E-state index contributed by atoms with van der Waals surface area (Å²) in [6, 6.07) is 8.93. The van der Waals surface area contributed by atoms with E-state index in [9.17, 15) is 0 Å². The minimum Gasteiger partial charge on any atom is -0.0661 e. The fourth-order valence-electron chi connectivity index (χ4n) is 2.73. The van der Waals surface area contributed by atoms with E-state index in [0.29, 0.717) is 0 Å². The van der Waals surface area contributed by atoms with E-state index in [1.54, 1.807) is 22.3 Å². The Labute approximate surface area is 79.3 Å². The van der Waals surface area contributed by atoms with Crippen molar-refractivity contribution in [2.45, 2.75) is 32.1 Å². The number of aryl methyl sites for hydroxylation is 1. The molecule has 0 N–H and O–H groups in total. The summed E-state index contributed by atoms with van der Waals surface area (Å²) < 4.78 is 0. The molecule has 0 amide bonds. The molecular weight excluding hydrogens is 156 g/mol. The Morgan fingerprint density at radius 1 is 0.846 bits per heavy atom. The molecule has 13 heavy (non-hydrogen) atoms. The normalized spacial score (nSPS) is 20.0. The van der Waals surface area contributed by atoms with Crippen LogP contribution in [0.2, 0.25) is 0 Å². The molecule has 0 heteroatoms. The zero-order chi connectivity index (χ0) is 8.67. The third-order valence-electron chi connectivity index (χ3n) is 3.37. The van der Waals surface area contributed by atoms with Gasteiger partial charge in [-0.05, 0) is 48.8 Å². The van der Waals surface area contributed by atoms with Crippen molar-refractivity contribution in [1.82, 2.24) is 0 Å². The van der Waals surface area contributed by atoms with Crippen molar-refractivity contribution in [3.63, 3.8) is 0 Å². The summed E-state index contributed by atoms with van der Waals surface area (Å²) in [5.74, 6) is 0. The summed E-state index contributed by atoms with van der Waals surface area (Å²) in [6.07, 6.45) is 6.68. The second-order valence-corrected chi connectivity index (χ2v) is 4.09. The standard InChI is InChI=1S/C13H14/c1-2-6-12-10(4-1)8-9-11-5-3-7-13(11)12/h1-2,4,6H,3,5,7-9H2. The lowest BCUT2D eigenvalue weighted by molar-refractivity contribution is 0.846. The minimum atomic E-state index is 1.27. The number of hydrogen-bond donors (Lipinski definition) is 0. The molecule has 0 heterocycles. The topological polar surface area (TPSA) is 0 Å². The lowest BCUT2D eigenvalue weighted by Crippen LogP contribution is -2.00. The number of allylic oxidation sites excluding steroid dienone is 2. The quantitative estimate of drug-likeness (QED) is 0.558. The van der Waals surface area contributed by atoms with Crippen LogP contribution in [0.25, 0.3) is 5.57 Å². The third kappa shape index (κ3) is 1.05. The van der Waals surface area contributed by atoms with Crippen molar-refractivity contribution in [2.75, 3.05) is 0 Å². The van der Waals surface area contributed by atoms with Crippen LogP contribution in [0.15, 0.2) is 29.8 Å². The summed E-state index contributed by atoms with van der Waals surface area (Å²) in [7, 11) is 0. The summed E-state index contributed by atoms with van der Waals surface area (Å²) >= 11 is 0. The maximum absolute atomic E-state index is 2.30. The van der Waals surface area contributed by atoms with E-state index in [4.69, 9.17) is 0 Å². The average Bonchev–Trinajstić information content (AvgIpc) is 2.65. The van der Waals surface area contributed by atoms with Crippen LogP contribution in [0.5, 0.6) is 0 Å². The summed E-state index contributed by atoms with van der Waals surface area (Å²) in [5.41, 5.74) is 6.56. The molecule has 0 unspecified atom stereocenters. The highest BCUT2D eigenvalue weighted by Crippen LogP contribution is 2.41. The number of benzene rings is 1. The van der Waals surface area contributed by atoms with E-state index in [1.807, 2.05) is 0 Å². The third-order valence-corrected chi connectivity index (χ3v) is 3.37. The van der Waals surface area contributed by atoms with Crippen molar-refractivity contribution in [1.29, 1.82) is 0 Å². The Hall–Kier alpha value is -1.04. The van der Waals surface area contributed by atoms with E-state index >= 15 is 0 Å². The maximum Gasteiger partial charge on any atom is -0.0193 e. The molecule has 0 atom stereocenters. The fourth-order valence-corrected chi connectivity index (χ4v) is 2.73. The Kier molecular flexibility index (Phi) is 1.55. The van der Waals surface area contributed by atoms with Gasteiger partial charge in [-0.2, -0.15) is 0 Å². The second kappa shape index (κ2) is 2.73. The zero-order valence-electron chi connectivity index (χ0n) is 7.84. The van der Waals surface area contributed by atoms with Gasteiger partial charge in [0.05, 0.1) is 0 Å². The van der Waals surface area contributed by atoms with Gasteiger partial charge in [-0.3, -0.25) is 0 Å². The first-order chi connectivity index (χ1) is 6.45. The molecule has 0 bridgehead atoms. The molecule has 0 nitrogen and oxygen atoms in total. The first kappa shape index (κ1) is 7.37. The van der Waals surface area contributed by atoms with Gasteiger partial charge in [-0.1, -0.05) is 29.8 Å². The van der Waals surface area contributed by atoms with Crippen LogP contribution in [0.4, 0.5) is 0 Å². The first-order valence-corrected chi connectivity index (χ1v) is 5.24. The Bertz CT molecular complexity index is 371. The van der Waals surface area contributed by atoms with Crippen LogP contribution < -0.4 is 0 Å². The molecule has 0 saturated carbocycles. The van der Waals surface area contributed by atoms with E-state index in [0.717, 1.165) is 0 Å². The van der Waals surface area contributed by atoms with Crippen molar-refractivity contribution >= 4 is 5.57 Å². The zero-order valence-corrected chi connectivity index (χ0v) is 7.84. The smallest absolute Gasteiger partial charge is 0.0193 e. The van der Waals surface area contributed by atoms with Gasteiger partial charge < -0.3 is 0 Å². The monoisotopic (exact) mass is 170 g/mol. The molecule has 0 fully saturated rings. The van der Waals surface area contributed by atoms with Crippen LogP contribution in [0, 0.1) is 0 Å². The Balaban J connectivity index is 2.18. The molecule has 0 saturated heterocycles. The Morgan fingerprint density at radius 2 is 1.77 bits per heavy atom. The van der Waals surface area contributed by atoms with Crippen LogP contribution in [-0.2, 0) is 6.42 Å². The number of hydrogen-bond acceptors (Lipinski definition) is 0. The average molecular weight is 170 g/mol. The van der Waals surface area contributed by atoms with Crippen molar-refractivity contribution in [2.24, 2.45) is 0 Å². The molecule has 2 aliphatic carbocycles. The van der Waals surface area contributed by atoms with E-state index < -0.39 is 0 Å². The van der Waals surface area contributed by atoms with Gasteiger partial charge in [0.1, 0.15) is 0 Å². The fraction of sp³-hybridized carbons (Fsp3) is 0.385. The predicted molar refractivity (Wildman–Crippen MR) is 55.5 cm³/mol. The lowest BCUT2D eigenvalue weighted by atomic mass is 9.87. The van der Waals surface area contributed by atoms with Gasteiger partial charge in [0, 0.05) is 0 Å². The van der Waals surface area contributed by atoms with Crippen LogP contribution >= 0.6 is 0 Å². The molecule has 1 aromatic rings. The summed E-state index contributed by atoms with van der Waals surface area (Å²) in [5, 5.41) is 0. The lowest BCUT2D eigenvalue weighted by Gasteiger charge is -2.18. The highest BCUT2D eigenvalue weighted by atomic mass is 14.3. The van der Waals surface area contributed by atoms with Gasteiger partial charge in [-0.25, -0.2) is 0 Å². The molecule has 0 aromatic heterocycles. The van der Waals surface area contributed by atoms with Gasteiger partial charge >= 0.3 is 0 Å². The summed E-state index contributed by atoms with van der Waals surface area (Å²) in [4.78, 5) is 0. The number of fused-ring (bicyclic) bond motifs is 2. The molecule has 0 aliphatic heterocycles. The molecule has 1 aromatic carbocycles. The first-order valence-electron chi connectivity index (χ1n) is 5.24. The molecule has 0 spiro atoms. The largest absolute Gasteiger partial charge is 0.0661 e. The highest BCUT2D eigenvalue weighted by molar-refractivity contribution is 5.74. The van der Waals surface area contributed by atoms with Crippen LogP contribution in [0.1, 0.15) is 36.8 Å². The van der Waals surface area contributed by atoms with Crippen molar-refractivity contribution < 1.29 is 0 Å². The molecule has 66 valence electrons. The second-order valence-electron chi connectivity index (χ2n) is 4.09. The van der Waals surface area contributed by atoms with Crippen molar-refractivity contribution in [3.8, 4) is 0 Å². The molecule has 2 aliphatic rings. The highest BCUT2D eigenvalue weighted by Gasteiger charge is 2.21. The molecular formula is C13H14. The maximum atomic E-state index is 2.30. The van der Waals surface area contributed by atoms with Gasteiger partial charge in [0.2, 0.25) is 0 Å². The van der Waals surface area contributed by atoms with Crippen molar-refractivity contribution in [3.05, 3.63) is 41.0 Å². The molecule has 0 radical (unpaired) electrons. The van der Waals surface area contributed by atoms with E-state index in [-0.39, 0.29) is 0 Å². The van der Waals surface area contributed by atoms with Crippen LogP contribution in [0.3, 0.4) is 0 Å². The van der Waals surface area contributed by atoms with E-state index in [1.165, 1.54) is 32.1 Å². The number of rotatable bonds is 0. The minimum absolute atomic E-state index is 1.27. The van der Waals surface area contributed by atoms with Gasteiger partial charge in [0.15, 0.2) is 0 Å². The SMILES string of the molecule is c1ccc2c(c1)CCC1=C2CCC1. The van der Waals surface area contributed by atoms with Crippen LogP contribution in [-0.4, -0.2) is 0 Å². The molecule has 3 rings (SSSR count). The van der Waals surface area contributed by atoms with Gasteiger partial charge in [-0.15, -0.1) is 0 Å². The predicted octanol–water partition coefficient (Wildman–Crippen LogP) is 3.57. The van der Waals surface area contributed by atoms with E-state index in [2.05, 4.69) is 24.3 Å².